The van der Waals surface area contributed by atoms with E-state index in [-0.39, 0.29) is 11.2 Å². The van der Waals surface area contributed by atoms with Crippen molar-refractivity contribution in [3.05, 3.63) is 46.8 Å². The van der Waals surface area contributed by atoms with E-state index in [4.69, 9.17) is 10.5 Å². The fraction of sp³-hybridized carbons (Fsp3) is 0.353. The summed E-state index contributed by atoms with van der Waals surface area (Å²) in [5, 5.41) is 0. The molecule has 2 N–H and O–H groups in total. The number of rotatable bonds is 5. The van der Waals surface area contributed by atoms with Crippen molar-refractivity contribution in [3.8, 4) is 17.0 Å². The lowest BCUT2D eigenvalue weighted by Crippen LogP contribution is -2.24. The molecule has 0 atom stereocenters. The molecule has 0 amide bonds. The average Bonchev–Trinajstić information content (AvgIpc) is 2.48. The Balaban J connectivity index is 2.46. The zero-order valence-corrected chi connectivity index (χ0v) is 12.8. The molecule has 0 saturated heterocycles. The molecule has 1 aromatic carbocycles. The van der Waals surface area contributed by atoms with Crippen molar-refractivity contribution >= 4 is 5.69 Å². The SMILES string of the molecule is COc1ccc(-c2ccc(N)c(=O)n2CCC(C)C)cc1. The van der Waals surface area contributed by atoms with Crippen LogP contribution in [-0.4, -0.2) is 11.7 Å². The molecule has 0 saturated carbocycles. The van der Waals surface area contributed by atoms with Gasteiger partial charge in [-0.2, -0.15) is 0 Å². The minimum atomic E-state index is -0.121. The van der Waals surface area contributed by atoms with Crippen LogP contribution in [0.25, 0.3) is 11.3 Å². The summed E-state index contributed by atoms with van der Waals surface area (Å²) in [7, 11) is 1.64. The van der Waals surface area contributed by atoms with Crippen LogP contribution in [0.2, 0.25) is 0 Å². The number of methoxy groups -OCH3 is 1. The Kier molecular flexibility index (Phi) is 4.68. The highest BCUT2D eigenvalue weighted by molar-refractivity contribution is 5.62. The van der Waals surface area contributed by atoms with Crippen LogP contribution < -0.4 is 16.0 Å². The molecule has 0 aliphatic carbocycles. The maximum Gasteiger partial charge on any atom is 0.274 e. The zero-order chi connectivity index (χ0) is 15.4. The van der Waals surface area contributed by atoms with Crippen molar-refractivity contribution in [2.75, 3.05) is 12.8 Å². The van der Waals surface area contributed by atoms with Gasteiger partial charge in [-0.25, -0.2) is 0 Å². The molecule has 4 nitrogen and oxygen atoms in total. The van der Waals surface area contributed by atoms with E-state index in [0.29, 0.717) is 12.5 Å². The highest BCUT2D eigenvalue weighted by Crippen LogP contribution is 2.22. The summed E-state index contributed by atoms with van der Waals surface area (Å²) < 4.78 is 6.93. The first-order chi connectivity index (χ1) is 10.0. The number of benzene rings is 1. The van der Waals surface area contributed by atoms with E-state index in [1.165, 1.54) is 0 Å². The molecular weight excluding hydrogens is 264 g/mol. The smallest absolute Gasteiger partial charge is 0.274 e. The van der Waals surface area contributed by atoms with Gasteiger partial charge in [-0.05, 0) is 54.3 Å². The summed E-state index contributed by atoms with van der Waals surface area (Å²) in [5.41, 5.74) is 7.80. The number of hydrogen-bond acceptors (Lipinski definition) is 3. The average molecular weight is 286 g/mol. The second kappa shape index (κ2) is 6.48. The molecule has 0 spiro atoms. The largest absolute Gasteiger partial charge is 0.497 e. The van der Waals surface area contributed by atoms with Crippen LogP contribution in [0.1, 0.15) is 20.3 Å². The van der Waals surface area contributed by atoms with Crippen LogP contribution >= 0.6 is 0 Å². The van der Waals surface area contributed by atoms with E-state index in [9.17, 15) is 4.79 Å². The lowest BCUT2D eigenvalue weighted by atomic mass is 10.1. The third-order valence-electron chi connectivity index (χ3n) is 3.52. The predicted molar refractivity (Wildman–Crippen MR) is 86.6 cm³/mol. The third kappa shape index (κ3) is 3.45. The van der Waals surface area contributed by atoms with E-state index < -0.39 is 0 Å². The van der Waals surface area contributed by atoms with Gasteiger partial charge in [0.25, 0.3) is 5.56 Å². The minimum absolute atomic E-state index is 0.121. The molecule has 0 aliphatic rings. The monoisotopic (exact) mass is 286 g/mol. The van der Waals surface area contributed by atoms with Crippen molar-refractivity contribution in [1.29, 1.82) is 0 Å². The molecular formula is C17H22N2O2. The van der Waals surface area contributed by atoms with Crippen LogP contribution in [0.4, 0.5) is 5.69 Å². The Labute approximate surface area is 125 Å². The summed E-state index contributed by atoms with van der Waals surface area (Å²) in [5.74, 6) is 1.33. The summed E-state index contributed by atoms with van der Waals surface area (Å²) in [4.78, 5) is 12.3. The van der Waals surface area contributed by atoms with E-state index >= 15 is 0 Å². The second-order valence-electron chi connectivity index (χ2n) is 5.54. The quantitative estimate of drug-likeness (QED) is 0.918. The molecule has 0 aliphatic heterocycles. The van der Waals surface area contributed by atoms with E-state index in [2.05, 4.69) is 13.8 Å². The van der Waals surface area contributed by atoms with Crippen LogP contribution in [-0.2, 0) is 6.54 Å². The Morgan fingerprint density at radius 2 is 1.81 bits per heavy atom. The lowest BCUT2D eigenvalue weighted by Gasteiger charge is -2.15. The van der Waals surface area contributed by atoms with Gasteiger partial charge in [-0.3, -0.25) is 4.79 Å². The van der Waals surface area contributed by atoms with Crippen molar-refractivity contribution in [1.82, 2.24) is 4.57 Å². The third-order valence-corrected chi connectivity index (χ3v) is 3.52. The van der Waals surface area contributed by atoms with Crippen molar-refractivity contribution in [3.63, 3.8) is 0 Å². The fourth-order valence-electron chi connectivity index (χ4n) is 2.22. The van der Waals surface area contributed by atoms with Gasteiger partial charge in [-0.1, -0.05) is 13.8 Å². The summed E-state index contributed by atoms with van der Waals surface area (Å²) >= 11 is 0. The Morgan fingerprint density at radius 1 is 1.14 bits per heavy atom. The van der Waals surface area contributed by atoms with Crippen LogP contribution in [0.15, 0.2) is 41.2 Å². The van der Waals surface area contributed by atoms with Crippen molar-refractivity contribution < 1.29 is 4.74 Å². The number of anilines is 1. The number of ether oxygens (including phenoxy) is 1. The summed E-state index contributed by atoms with van der Waals surface area (Å²) in [6.07, 6.45) is 0.937. The molecule has 1 aromatic heterocycles. The van der Waals surface area contributed by atoms with E-state index in [1.807, 2.05) is 30.3 Å². The normalized spacial score (nSPS) is 10.9. The molecule has 1 heterocycles. The number of nitrogens with zero attached hydrogens (tertiary/aromatic N) is 1. The Hall–Kier alpha value is -2.23. The molecule has 21 heavy (non-hydrogen) atoms. The summed E-state index contributed by atoms with van der Waals surface area (Å²) in [6, 6.07) is 11.3. The van der Waals surface area contributed by atoms with Crippen LogP contribution in [0, 0.1) is 5.92 Å². The maximum absolute atomic E-state index is 12.3. The number of nitrogens with two attached hydrogens (primary N) is 1. The predicted octanol–water partition coefficient (Wildman–Crippen LogP) is 3.15. The Morgan fingerprint density at radius 3 is 2.38 bits per heavy atom. The van der Waals surface area contributed by atoms with Crippen molar-refractivity contribution in [2.24, 2.45) is 5.92 Å². The van der Waals surface area contributed by atoms with Gasteiger partial charge in [-0.15, -0.1) is 0 Å². The fourth-order valence-corrected chi connectivity index (χ4v) is 2.22. The van der Waals surface area contributed by atoms with Gasteiger partial charge in [0.15, 0.2) is 0 Å². The number of pyridine rings is 1. The standard InChI is InChI=1S/C17H22N2O2/c1-12(2)10-11-19-16(9-8-15(18)17(19)20)13-4-6-14(21-3)7-5-13/h4-9,12H,10-11,18H2,1-3H3. The number of aromatic nitrogens is 1. The van der Waals surface area contributed by atoms with E-state index in [0.717, 1.165) is 23.4 Å². The van der Waals surface area contributed by atoms with Gasteiger partial charge in [0, 0.05) is 6.54 Å². The van der Waals surface area contributed by atoms with Crippen LogP contribution in [0.3, 0.4) is 0 Å². The van der Waals surface area contributed by atoms with Crippen molar-refractivity contribution in [2.45, 2.75) is 26.8 Å². The molecule has 0 radical (unpaired) electrons. The highest BCUT2D eigenvalue weighted by atomic mass is 16.5. The van der Waals surface area contributed by atoms with Gasteiger partial charge >= 0.3 is 0 Å². The van der Waals surface area contributed by atoms with E-state index in [1.54, 1.807) is 17.7 Å². The first kappa shape index (κ1) is 15.2. The number of hydrogen-bond donors (Lipinski definition) is 1. The molecule has 4 heteroatoms. The Bertz CT molecular complexity index is 657. The first-order valence-corrected chi connectivity index (χ1v) is 7.16. The lowest BCUT2D eigenvalue weighted by molar-refractivity contribution is 0.415. The van der Waals surface area contributed by atoms with Gasteiger partial charge in [0.05, 0.1) is 18.5 Å². The molecule has 0 unspecified atom stereocenters. The second-order valence-corrected chi connectivity index (χ2v) is 5.54. The molecule has 112 valence electrons. The minimum Gasteiger partial charge on any atom is -0.497 e. The molecule has 0 bridgehead atoms. The zero-order valence-electron chi connectivity index (χ0n) is 12.8. The van der Waals surface area contributed by atoms with Crippen LogP contribution in [0.5, 0.6) is 5.75 Å². The molecule has 0 fully saturated rings. The molecule has 2 aromatic rings. The van der Waals surface area contributed by atoms with Gasteiger partial charge < -0.3 is 15.0 Å². The molecule has 2 rings (SSSR count). The highest BCUT2D eigenvalue weighted by Gasteiger charge is 2.09. The summed E-state index contributed by atoms with van der Waals surface area (Å²) in [6.45, 7) is 4.96. The number of nitrogen functional groups attached to an aromatic ring is 1. The topological polar surface area (TPSA) is 57.2 Å². The van der Waals surface area contributed by atoms with Gasteiger partial charge in [0.2, 0.25) is 0 Å². The maximum atomic E-state index is 12.3. The van der Waals surface area contributed by atoms with Gasteiger partial charge in [0.1, 0.15) is 5.75 Å². The first-order valence-electron chi connectivity index (χ1n) is 7.16.